The average molecular weight is 255 g/mol. The van der Waals surface area contributed by atoms with Gasteiger partial charge in [-0.2, -0.15) is 0 Å². The van der Waals surface area contributed by atoms with E-state index in [1.807, 2.05) is 6.92 Å². The van der Waals surface area contributed by atoms with Crippen molar-refractivity contribution in [3.05, 3.63) is 29.6 Å². The Morgan fingerprint density at radius 2 is 2.17 bits per heavy atom. The molecule has 0 atom stereocenters. The van der Waals surface area contributed by atoms with E-state index in [0.29, 0.717) is 6.54 Å². The molecule has 100 valence electrons. The van der Waals surface area contributed by atoms with Gasteiger partial charge in [-0.3, -0.25) is 4.79 Å². The number of rotatable bonds is 6. The van der Waals surface area contributed by atoms with E-state index in [-0.39, 0.29) is 30.4 Å². The lowest BCUT2D eigenvalue weighted by Crippen LogP contribution is -2.34. The minimum absolute atomic E-state index is 0.107. The van der Waals surface area contributed by atoms with Crippen LogP contribution in [0.4, 0.5) is 4.39 Å². The van der Waals surface area contributed by atoms with Crippen LogP contribution in [0.2, 0.25) is 0 Å². The molecule has 0 aliphatic heterocycles. The Hall–Kier alpha value is -1.62. The fourth-order valence-corrected chi connectivity index (χ4v) is 1.69. The highest BCUT2D eigenvalue weighted by molar-refractivity contribution is 5.94. The summed E-state index contributed by atoms with van der Waals surface area (Å²) in [6, 6.07) is 4.09. The molecule has 0 fully saturated rings. The van der Waals surface area contributed by atoms with Crippen LogP contribution in [0.3, 0.4) is 0 Å². The molecule has 1 aromatic rings. The van der Waals surface area contributed by atoms with Gasteiger partial charge >= 0.3 is 0 Å². The number of carbonyl (C=O) groups is 1. The number of amides is 1. The summed E-state index contributed by atoms with van der Waals surface area (Å²) >= 11 is 0. The lowest BCUT2D eigenvalue weighted by Gasteiger charge is -2.21. The molecule has 0 unspecified atom stereocenters. The van der Waals surface area contributed by atoms with E-state index in [0.717, 1.165) is 12.5 Å². The number of nitrogens with zero attached hydrogens (tertiary/aromatic N) is 1. The highest BCUT2D eigenvalue weighted by Gasteiger charge is 2.16. The number of hydrogen-bond donors (Lipinski definition) is 1. The van der Waals surface area contributed by atoms with Gasteiger partial charge in [-0.1, -0.05) is 6.92 Å². The highest BCUT2D eigenvalue weighted by atomic mass is 19.1. The minimum Gasteiger partial charge on any atom is -0.494 e. The number of hydrogen-bond acceptors (Lipinski definition) is 3. The predicted octanol–water partition coefficient (Wildman–Crippen LogP) is 1.68. The summed E-state index contributed by atoms with van der Waals surface area (Å²) in [4.78, 5) is 13.6. The fraction of sp³-hybridized carbons (Fsp3) is 0.462. The summed E-state index contributed by atoms with van der Waals surface area (Å²) in [7, 11) is 1.37. The van der Waals surface area contributed by atoms with E-state index in [2.05, 4.69) is 0 Å². The molecule has 1 aromatic carbocycles. The number of carbonyl (C=O) groups excluding carboxylic acids is 1. The van der Waals surface area contributed by atoms with Crippen molar-refractivity contribution in [2.75, 3.05) is 26.8 Å². The average Bonchev–Trinajstić information content (AvgIpc) is 2.37. The second-order valence-electron chi connectivity index (χ2n) is 3.87. The largest absolute Gasteiger partial charge is 0.494 e. The number of benzene rings is 1. The molecule has 0 saturated heterocycles. The quantitative estimate of drug-likeness (QED) is 0.841. The Bertz CT molecular complexity index is 403. The molecular weight excluding hydrogens is 237 g/mol. The standard InChI is InChI=1S/C13H18FNO3/c1-3-6-15(7-8-16)13(17)10-4-5-12(18-2)11(14)9-10/h4-5,9,16H,3,6-8H2,1-2H3. The molecule has 1 amide bonds. The van der Waals surface area contributed by atoms with Crippen molar-refractivity contribution in [3.63, 3.8) is 0 Å². The molecule has 0 saturated carbocycles. The topological polar surface area (TPSA) is 49.8 Å². The van der Waals surface area contributed by atoms with Gasteiger partial charge in [0.1, 0.15) is 0 Å². The van der Waals surface area contributed by atoms with Crippen LogP contribution in [0.1, 0.15) is 23.7 Å². The molecule has 1 N–H and O–H groups in total. The Labute approximate surface area is 106 Å². The number of aliphatic hydroxyl groups is 1. The first-order valence-corrected chi connectivity index (χ1v) is 5.87. The van der Waals surface area contributed by atoms with Crippen molar-refractivity contribution in [1.29, 1.82) is 0 Å². The van der Waals surface area contributed by atoms with Crippen molar-refractivity contribution < 1.29 is 19.0 Å². The van der Waals surface area contributed by atoms with Gasteiger partial charge in [0.05, 0.1) is 13.7 Å². The number of ether oxygens (including phenoxy) is 1. The molecule has 0 heterocycles. The van der Waals surface area contributed by atoms with Crippen LogP contribution in [0.5, 0.6) is 5.75 Å². The second kappa shape index (κ2) is 6.96. The summed E-state index contributed by atoms with van der Waals surface area (Å²) < 4.78 is 18.3. The minimum atomic E-state index is -0.566. The van der Waals surface area contributed by atoms with E-state index in [4.69, 9.17) is 9.84 Å². The van der Waals surface area contributed by atoms with Gasteiger partial charge in [0.25, 0.3) is 5.91 Å². The van der Waals surface area contributed by atoms with Crippen molar-refractivity contribution >= 4 is 5.91 Å². The van der Waals surface area contributed by atoms with Gasteiger partial charge in [-0.05, 0) is 24.6 Å². The van der Waals surface area contributed by atoms with Crippen molar-refractivity contribution in [2.24, 2.45) is 0 Å². The SMILES string of the molecule is CCCN(CCO)C(=O)c1ccc(OC)c(F)c1. The van der Waals surface area contributed by atoms with Crippen LogP contribution >= 0.6 is 0 Å². The Morgan fingerprint density at radius 1 is 1.44 bits per heavy atom. The maximum absolute atomic E-state index is 13.5. The Kier molecular flexibility index (Phi) is 5.58. The van der Waals surface area contributed by atoms with Crippen molar-refractivity contribution in [2.45, 2.75) is 13.3 Å². The molecular formula is C13H18FNO3. The van der Waals surface area contributed by atoms with Crippen LogP contribution in [0, 0.1) is 5.82 Å². The second-order valence-corrected chi connectivity index (χ2v) is 3.87. The van der Waals surface area contributed by atoms with Gasteiger partial charge in [0.15, 0.2) is 11.6 Å². The first-order chi connectivity index (χ1) is 8.63. The van der Waals surface area contributed by atoms with Gasteiger partial charge < -0.3 is 14.7 Å². The van der Waals surface area contributed by atoms with Crippen LogP contribution < -0.4 is 4.74 Å². The highest BCUT2D eigenvalue weighted by Crippen LogP contribution is 2.18. The molecule has 5 heteroatoms. The molecule has 0 aliphatic rings. The third-order valence-corrected chi connectivity index (χ3v) is 2.55. The van der Waals surface area contributed by atoms with E-state index in [1.165, 1.54) is 24.1 Å². The van der Waals surface area contributed by atoms with Gasteiger partial charge in [0.2, 0.25) is 0 Å². The fourth-order valence-electron chi connectivity index (χ4n) is 1.69. The number of halogens is 1. The number of aliphatic hydroxyl groups excluding tert-OH is 1. The van der Waals surface area contributed by atoms with E-state index < -0.39 is 5.82 Å². The lowest BCUT2D eigenvalue weighted by atomic mass is 10.1. The maximum Gasteiger partial charge on any atom is 0.254 e. The maximum atomic E-state index is 13.5. The Morgan fingerprint density at radius 3 is 2.67 bits per heavy atom. The van der Waals surface area contributed by atoms with Crippen molar-refractivity contribution in [1.82, 2.24) is 4.90 Å². The summed E-state index contributed by atoms with van der Waals surface area (Å²) in [5.74, 6) is -0.744. The van der Waals surface area contributed by atoms with Gasteiger partial charge in [0, 0.05) is 18.7 Å². The summed E-state index contributed by atoms with van der Waals surface area (Å²) in [5, 5.41) is 8.91. The zero-order valence-electron chi connectivity index (χ0n) is 10.6. The summed E-state index contributed by atoms with van der Waals surface area (Å²) in [5.41, 5.74) is 0.259. The van der Waals surface area contributed by atoms with Crippen molar-refractivity contribution in [3.8, 4) is 5.75 Å². The Balaban J connectivity index is 2.90. The first-order valence-electron chi connectivity index (χ1n) is 5.87. The molecule has 0 radical (unpaired) electrons. The molecule has 1 rings (SSSR count). The van der Waals surface area contributed by atoms with E-state index >= 15 is 0 Å². The smallest absolute Gasteiger partial charge is 0.254 e. The van der Waals surface area contributed by atoms with Crippen LogP contribution in [-0.4, -0.2) is 42.7 Å². The zero-order chi connectivity index (χ0) is 13.5. The third-order valence-electron chi connectivity index (χ3n) is 2.55. The van der Waals surface area contributed by atoms with Gasteiger partial charge in [-0.15, -0.1) is 0 Å². The molecule has 0 spiro atoms. The van der Waals surface area contributed by atoms with Crippen LogP contribution in [0.15, 0.2) is 18.2 Å². The van der Waals surface area contributed by atoms with E-state index in [1.54, 1.807) is 0 Å². The molecule has 18 heavy (non-hydrogen) atoms. The molecule has 0 aliphatic carbocycles. The van der Waals surface area contributed by atoms with Crippen LogP contribution in [0.25, 0.3) is 0 Å². The summed E-state index contributed by atoms with van der Waals surface area (Å²) in [6.45, 7) is 2.62. The molecule has 4 nitrogen and oxygen atoms in total. The summed E-state index contributed by atoms with van der Waals surface area (Å²) in [6.07, 6.45) is 0.782. The lowest BCUT2D eigenvalue weighted by molar-refractivity contribution is 0.0721. The zero-order valence-corrected chi connectivity index (χ0v) is 10.6. The van der Waals surface area contributed by atoms with E-state index in [9.17, 15) is 9.18 Å². The number of methoxy groups -OCH3 is 1. The normalized spacial score (nSPS) is 10.2. The third kappa shape index (κ3) is 3.43. The molecule has 0 bridgehead atoms. The monoisotopic (exact) mass is 255 g/mol. The van der Waals surface area contributed by atoms with Gasteiger partial charge in [-0.25, -0.2) is 4.39 Å². The first kappa shape index (κ1) is 14.4. The molecule has 0 aromatic heterocycles. The predicted molar refractivity (Wildman–Crippen MR) is 66.2 cm³/mol. The van der Waals surface area contributed by atoms with Crippen LogP contribution in [-0.2, 0) is 0 Å².